The fourth-order valence-corrected chi connectivity index (χ4v) is 3.03. The van der Waals surface area contributed by atoms with Gasteiger partial charge in [-0.05, 0) is 31.7 Å². The maximum atomic E-state index is 12.2. The molecule has 134 valence electrons. The summed E-state index contributed by atoms with van der Waals surface area (Å²) in [4.78, 5) is 36.4. The van der Waals surface area contributed by atoms with Crippen molar-refractivity contribution in [2.75, 3.05) is 25.0 Å². The Labute approximate surface area is 145 Å². The standard InChI is InChI=1S/C17H22N4O4/c22-16(19-14-3-1-2-4-15(14)21(24)25)11-20-9-7-13(8-10-20)18-17(23)12-5-6-12/h1-4,12-13H,5-11H2,(H,18,23)(H,19,22). The van der Waals surface area contributed by atoms with E-state index in [1.807, 2.05) is 4.90 Å². The molecule has 0 unspecified atom stereocenters. The molecule has 8 heteroatoms. The normalized spacial score (nSPS) is 18.6. The molecule has 1 aromatic carbocycles. The van der Waals surface area contributed by atoms with E-state index in [1.165, 1.54) is 12.1 Å². The van der Waals surface area contributed by atoms with E-state index in [-0.39, 0.29) is 41.7 Å². The number of benzene rings is 1. The number of nitro groups is 1. The first-order valence-electron chi connectivity index (χ1n) is 8.59. The molecule has 0 spiro atoms. The van der Waals surface area contributed by atoms with Crippen LogP contribution >= 0.6 is 0 Å². The zero-order valence-corrected chi connectivity index (χ0v) is 13.9. The number of hydrogen-bond donors (Lipinski definition) is 2. The number of hydrogen-bond acceptors (Lipinski definition) is 5. The predicted octanol–water partition coefficient (Wildman–Crippen LogP) is 1.52. The number of carbonyl (C=O) groups is 2. The summed E-state index contributed by atoms with van der Waals surface area (Å²) >= 11 is 0. The summed E-state index contributed by atoms with van der Waals surface area (Å²) in [5.41, 5.74) is 0.0985. The number of para-hydroxylation sites is 2. The quantitative estimate of drug-likeness (QED) is 0.600. The molecule has 8 nitrogen and oxygen atoms in total. The van der Waals surface area contributed by atoms with Crippen LogP contribution in [-0.2, 0) is 9.59 Å². The van der Waals surface area contributed by atoms with Gasteiger partial charge in [0.2, 0.25) is 11.8 Å². The summed E-state index contributed by atoms with van der Waals surface area (Å²) in [6.45, 7) is 1.63. The third-order valence-electron chi connectivity index (χ3n) is 4.62. The van der Waals surface area contributed by atoms with E-state index >= 15 is 0 Å². The molecule has 1 saturated carbocycles. The van der Waals surface area contributed by atoms with Crippen molar-refractivity contribution >= 4 is 23.2 Å². The van der Waals surface area contributed by atoms with Gasteiger partial charge in [-0.3, -0.25) is 24.6 Å². The average molecular weight is 346 g/mol. The number of nitrogens with one attached hydrogen (secondary N) is 2. The summed E-state index contributed by atoms with van der Waals surface area (Å²) < 4.78 is 0. The second-order valence-corrected chi connectivity index (χ2v) is 6.66. The SMILES string of the molecule is O=C(CN1CCC(NC(=O)C2CC2)CC1)Nc1ccccc1[N+](=O)[O-]. The summed E-state index contributed by atoms with van der Waals surface area (Å²) in [6.07, 6.45) is 3.63. The molecule has 2 amide bonds. The fourth-order valence-electron chi connectivity index (χ4n) is 3.03. The molecule has 25 heavy (non-hydrogen) atoms. The second kappa shape index (κ2) is 7.60. The minimum Gasteiger partial charge on any atom is -0.353 e. The molecular weight excluding hydrogens is 324 g/mol. The summed E-state index contributed by atoms with van der Waals surface area (Å²) in [6, 6.07) is 6.28. The lowest BCUT2D eigenvalue weighted by Gasteiger charge is -2.31. The highest BCUT2D eigenvalue weighted by molar-refractivity contribution is 5.94. The third-order valence-corrected chi connectivity index (χ3v) is 4.62. The average Bonchev–Trinajstić information content (AvgIpc) is 3.42. The highest BCUT2D eigenvalue weighted by Gasteiger charge is 2.32. The molecular formula is C17H22N4O4. The van der Waals surface area contributed by atoms with Gasteiger partial charge in [-0.25, -0.2) is 0 Å². The van der Waals surface area contributed by atoms with E-state index in [0.717, 1.165) is 38.8 Å². The van der Waals surface area contributed by atoms with Gasteiger partial charge in [-0.2, -0.15) is 0 Å². The second-order valence-electron chi connectivity index (χ2n) is 6.66. The summed E-state index contributed by atoms with van der Waals surface area (Å²) in [5, 5.41) is 16.7. The maximum Gasteiger partial charge on any atom is 0.292 e. The van der Waals surface area contributed by atoms with Gasteiger partial charge < -0.3 is 10.6 Å². The molecule has 2 fully saturated rings. The van der Waals surface area contributed by atoms with Crippen LogP contribution in [0.15, 0.2) is 24.3 Å². The van der Waals surface area contributed by atoms with E-state index in [1.54, 1.807) is 12.1 Å². The maximum absolute atomic E-state index is 12.2. The molecule has 0 bridgehead atoms. The molecule has 1 aliphatic heterocycles. The summed E-state index contributed by atoms with van der Waals surface area (Å²) in [7, 11) is 0. The largest absolute Gasteiger partial charge is 0.353 e. The van der Waals surface area contributed by atoms with Crippen molar-refractivity contribution in [3.05, 3.63) is 34.4 Å². The number of piperidine rings is 1. The van der Waals surface area contributed by atoms with Gasteiger partial charge in [0.05, 0.1) is 11.5 Å². The van der Waals surface area contributed by atoms with Crippen LogP contribution in [0, 0.1) is 16.0 Å². The Hall–Kier alpha value is -2.48. The van der Waals surface area contributed by atoms with Crippen LogP contribution in [0.25, 0.3) is 0 Å². The monoisotopic (exact) mass is 346 g/mol. The molecule has 2 aliphatic rings. The number of nitrogens with zero attached hydrogens (tertiary/aromatic N) is 2. The van der Waals surface area contributed by atoms with Crippen molar-refractivity contribution in [3.8, 4) is 0 Å². The lowest BCUT2D eigenvalue weighted by Crippen LogP contribution is -2.46. The molecule has 2 N–H and O–H groups in total. The van der Waals surface area contributed by atoms with Crippen molar-refractivity contribution in [3.63, 3.8) is 0 Å². The minimum atomic E-state index is -0.510. The van der Waals surface area contributed by atoms with E-state index in [2.05, 4.69) is 10.6 Å². The van der Waals surface area contributed by atoms with Crippen molar-refractivity contribution < 1.29 is 14.5 Å². The van der Waals surface area contributed by atoms with Gasteiger partial charge in [0.25, 0.3) is 5.69 Å². The van der Waals surface area contributed by atoms with Crippen LogP contribution in [0.4, 0.5) is 11.4 Å². The van der Waals surface area contributed by atoms with E-state index in [4.69, 9.17) is 0 Å². The van der Waals surface area contributed by atoms with Crippen LogP contribution in [0.5, 0.6) is 0 Å². The van der Waals surface area contributed by atoms with Crippen molar-refractivity contribution in [1.29, 1.82) is 0 Å². The first-order chi connectivity index (χ1) is 12.0. The third kappa shape index (κ3) is 4.76. The van der Waals surface area contributed by atoms with Gasteiger partial charge in [0.15, 0.2) is 0 Å². The molecule has 1 aromatic rings. The number of anilines is 1. The van der Waals surface area contributed by atoms with Gasteiger partial charge >= 0.3 is 0 Å². The zero-order chi connectivity index (χ0) is 17.8. The van der Waals surface area contributed by atoms with Gasteiger partial charge in [-0.1, -0.05) is 12.1 Å². The predicted molar refractivity (Wildman–Crippen MR) is 92.1 cm³/mol. The fraction of sp³-hybridized carbons (Fsp3) is 0.529. The molecule has 3 rings (SSSR count). The Morgan fingerprint density at radius 3 is 2.48 bits per heavy atom. The van der Waals surface area contributed by atoms with E-state index < -0.39 is 4.92 Å². The Bertz CT molecular complexity index is 666. The van der Waals surface area contributed by atoms with Crippen molar-refractivity contribution in [1.82, 2.24) is 10.2 Å². The first-order valence-corrected chi connectivity index (χ1v) is 8.59. The summed E-state index contributed by atoms with van der Waals surface area (Å²) in [5.74, 6) is 0.104. The van der Waals surface area contributed by atoms with Crippen molar-refractivity contribution in [2.45, 2.75) is 31.7 Å². The number of nitro benzene ring substituents is 1. The van der Waals surface area contributed by atoms with Crippen molar-refractivity contribution in [2.24, 2.45) is 5.92 Å². The highest BCUT2D eigenvalue weighted by atomic mass is 16.6. The minimum absolute atomic E-state index is 0.114. The van der Waals surface area contributed by atoms with Crippen LogP contribution in [0.2, 0.25) is 0 Å². The number of rotatable bonds is 6. The van der Waals surface area contributed by atoms with Crippen LogP contribution < -0.4 is 10.6 Å². The van der Waals surface area contributed by atoms with E-state index in [9.17, 15) is 19.7 Å². The number of carbonyl (C=O) groups excluding carboxylic acids is 2. The Morgan fingerprint density at radius 2 is 1.84 bits per heavy atom. The lowest BCUT2D eigenvalue weighted by atomic mass is 10.0. The molecule has 1 saturated heterocycles. The number of amides is 2. The smallest absolute Gasteiger partial charge is 0.292 e. The molecule has 1 heterocycles. The molecule has 0 radical (unpaired) electrons. The zero-order valence-electron chi connectivity index (χ0n) is 13.9. The van der Waals surface area contributed by atoms with Gasteiger partial charge in [0, 0.05) is 31.1 Å². The number of likely N-dealkylation sites (tertiary alicyclic amines) is 1. The van der Waals surface area contributed by atoms with Crippen LogP contribution in [0.1, 0.15) is 25.7 Å². The Kier molecular flexibility index (Phi) is 5.28. The van der Waals surface area contributed by atoms with Gasteiger partial charge in [-0.15, -0.1) is 0 Å². The highest BCUT2D eigenvalue weighted by Crippen LogP contribution is 2.29. The van der Waals surface area contributed by atoms with Crippen LogP contribution in [-0.4, -0.2) is 47.3 Å². The Balaban J connectivity index is 1.45. The molecule has 0 atom stereocenters. The lowest BCUT2D eigenvalue weighted by molar-refractivity contribution is -0.383. The van der Waals surface area contributed by atoms with Crippen LogP contribution in [0.3, 0.4) is 0 Å². The van der Waals surface area contributed by atoms with Gasteiger partial charge in [0.1, 0.15) is 5.69 Å². The Morgan fingerprint density at radius 1 is 1.16 bits per heavy atom. The van der Waals surface area contributed by atoms with E-state index in [0.29, 0.717) is 0 Å². The topological polar surface area (TPSA) is 105 Å². The molecule has 0 aromatic heterocycles. The first kappa shape index (κ1) is 17.3. The molecule has 1 aliphatic carbocycles.